The molecule has 3 unspecified atom stereocenters. The van der Waals surface area contributed by atoms with E-state index in [1.165, 1.54) is 35.1 Å². The molecule has 53 heavy (non-hydrogen) atoms. The summed E-state index contributed by atoms with van der Waals surface area (Å²) in [6.07, 6.45) is 8.32. The molecule has 8 heteroatoms. The summed E-state index contributed by atoms with van der Waals surface area (Å²) < 4.78 is 0. The van der Waals surface area contributed by atoms with E-state index in [2.05, 4.69) is 101 Å². The SMILES string of the molecule is CC(Cc1cccc(CN(Cc2cccc(CC(C(=O)O)C3CCNCC3)c2)Cc2cccc(CC(C(=O)O)C3CCNCC3)c2)c1)C1CCNCC1. The van der Waals surface area contributed by atoms with Gasteiger partial charge in [0.2, 0.25) is 0 Å². The lowest BCUT2D eigenvalue weighted by molar-refractivity contribution is -0.145. The van der Waals surface area contributed by atoms with Crippen LogP contribution in [-0.2, 0) is 48.5 Å². The standard InChI is InChI=1S/C45H62N4O4/c1-32(39-11-17-46-18-12-39)23-33-5-2-8-36(24-33)29-49(30-37-9-3-6-34(25-37)27-42(44(50)51)40-13-19-47-20-14-40)31-38-10-4-7-35(26-38)28-43(45(52)53)41-15-21-48-22-16-41/h2-10,24-26,32,39-43,46-48H,11-23,27-31H2,1H3,(H,50,51)(H,52,53). The third-order valence-electron chi connectivity index (χ3n) is 12.4. The topological polar surface area (TPSA) is 114 Å². The smallest absolute Gasteiger partial charge is 0.307 e. The number of nitrogens with zero attached hydrogens (tertiary/aromatic N) is 1. The average molecular weight is 723 g/mol. The van der Waals surface area contributed by atoms with Crippen molar-refractivity contribution >= 4 is 11.9 Å². The molecule has 8 nitrogen and oxygen atoms in total. The Bertz CT molecular complexity index is 1530. The van der Waals surface area contributed by atoms with Crippen LogP contribution in [0.5, 0.6) is 0 Å². The second-order valence-electron chi connectivity index (χ2n) is 16.3. The molecule has 3 aromatic rings. The largest absolute Gasteiger partial charge is 0.481 e. The van der Waals surface area contributed by atoms with Gasteiger partial charge >= 0.3 is 11.9 Å². The Kier molecular flexibility index (Phi) is 14.5. The minimum atomic E-state index is -0.691. The number of hydrogen-bond acceptors (Lipinski definition) is 6. The van der Waals surface area contributed by atoms with E-state index in [1.807, 2.05) is 0 Å². The summed E-state index contributed by atoms with van der Waals surface area (Å²) in [6, 6.07) is 26.2. The number of benzene rings is 3. The summed E-state index contributed by atoms with van der Waals surface area (Å²) in [5.74, 6) is -0.328. The van der Waals surface area contributed by atoms with Crippen LogP contribution in [0.2, 0.25) is 0 Å². The molecule has 5 N–H and O–H groups in total. The molecular formula is C45H62N4O4. The molecule has 0 amide bonds. The van der Waals surface area contributed by atoms with Crippen LogP contribution in [0.25, 0.3) is 0 Å². The highest BCUT2D eigenvalue weighted by atomic mass is 16.4. The van der Waals surface area contributed by atoms with E-state index in [1.54, 1.807) is 0 Å². The maximum absolute atomic E-state index is 12.4. The van der Waals surface area contributed by atoms with Gasteiger partial charge in [-0.25, -0.2) is 0 Å². The lowest BCUT2D eigenvalue weighted by Gasteiger charge is -2.29. The van der Waals surface area contributed by atoms with Crippen LogP contribution in [0.3, 0.4) is 0 Å². The Morgan fingerprint density at radius 2 is 0.868 bits per heavy atom. The van der Waals surface area contributed by atoms with Gasteiger partial charge in [0.1, 0.15) is 0 Å². The van der Waals surface area contributed by atoms with Crippen LogP contribution >= 0.6 is 0 Å². The van der Waals surface area contributed by atoms with Crippen molar-refractivity contribution < 1.29 is 19.8 Å². The van der Waals surface area contributed by atoms with Gasteiger partial charge in [-0.15, -0.1) is 0 Å². The molecular weight excluding hydrogens is 661 g/mol. The van der Waals surface area contributed by atoms with Crippen LogP contribution < -0.4 is 16.0 Å². The molecule has 0 bridgehead atoms. The number of carboxylic acids is 2. The molecule has 3 heterocycles. The van der Waals surface area contributed by atoms with E-state index in [9.17, 15) is 19.8 Å². The van der Waals surface area contributed by atoms with Gasteiger partial charge < -0.3 is 26.2 Å². The van der Waals surface area contributed by atoms with Crippen molar-refractivity contribution in [1.29, 1.82) is 0 Å². The van der Waals surface area contributed by atoms with Crippen molar-refractivity contribution in [2.45, 2.75) is 84.3 Å². The maximum Gasteiger partial charge on any atom is 0.307 e. The molecule has 0 saturated carbocycles. The summed E-state index contributed by atoms with van der Waals surface area (Å²) >= 11 is 0. The van der Waals surface area contributed by atoms with Gasteiger partial charge in [0.25, 0.3) is 0 Å². The van der Waals surface area contributed by atoms with Crippen LogP contribution in [0.15, 0.2) is 72.8 Å². The fraction of sp³-hybridized carbons (Fsp3) is 0.556. The second kappa shape index (κ2) is 19.7. The van der Waals surface area contributed by atoms with Crippen molar-refractivity contribution in [3.8, 4) is 0 Å². The predicted octanol–water partition coefficient (Wildman–Crippen LogP) is 6.55. The summed E-state index contributed by atoms with van der Waals surface area (Å²) in [5.41, 5.74) is 7.22. The van der Waals surface area contributed by atoms with E-state index >= 15 is 0 Å². The third kappa shape index (κ3) is 11.7. The van der Waals surface area contributed by atoms with Gasteiger partial charge in [0, 0.05) is 19.6 Å². The zero-order valence-electron chi connectivity index (χ0n) is 31.8. The van der Waals surface area contributed by atoms with Crippen LogP contribution in [0, 0.1) is 35.5 Å². The Labute approximate surface area is 317 Å². The zero-order valence-corrected chi connectivity index (χ0v) is 31.8. The quantitative estimate of drug-likeness (QED) is 0.107. The summed E-state index contributed by atoms with van der Waals surface area (Å²) in [4.78, 5) is 27.3. The van der Waals surface area contributed by atoms with E-state index < -0.39 is 11.9 Å². The first kappa shape index (κ1) is 39.1. The van der Waals surface area contributed by atoms with Crippen LogP contribution in [-0.4, -0.2) is 66.3 Å². The van der Waals surface area contributed by atoms with Gasteiger partial charge in [-0.05, 0) is 154 Å². The monoisotopic (exact) mass is 722 g/mol. The first-order valence-corrected chi connectivity index (χ1v) is 20.3. The van der Waals surface area contributed by atoms with Gasteiger partial charge in [-0.2, -0.15) is 0 Å². The molecule has 0 spiro atoms. The van der Waals surface area contributed by atoms with Crippen molar-refractivity contribution in [2.24, 2.45) is 35.5 Å². The highest BCUT2D eigenvalue weighted by Crippen LogP contribution is 2.29. The van der Waals surface area contributed by atoms with Gasteiger partial charge in [0.15, 0.2) is 0 Å². The lowest BCUT2D eigenvalue weighted by Crippen LogP contribution is -2.35. The van der Waals surface area contributed by atoms with Crippen molar-refractivity contribution in [3.05, 3.63) is 106 Å². The van der Waals surface area contributed by atoms with E-state index in [0.717, 1.165) is 108 Å². The molecule has 6 rings (SSSR count). The third-order valence-corrected chi connectivity index (χ3v) is 12.4. The number of aliphatic carboxylic acids is 2. The number of carbonyl (C=O) groups is 2. The number of piperidine rings is 3. The lowest BCUT2D eigenvalue weighted by atomic mass is 9.81. The first-order valence-electron chi connectivity index (χ1n) is 20.3. The molecule has 3 aliphatic heterocycles. The molecule has 0 aromatic heterocycles. The van der Waals surface area contributed by atoms with Gasteiger partial charge in [0.05, 0.1) is 11.8 Å². The number of nitrogens with one attached hydrogen (secondary N) is 3. The summed E-state index contributed by atoms with van der Waals surface area (Å²) in [6.45, 7) is 10.4. The molecule has 0 aliphatic carbocycles. The van der Waals surface area contributed by atoms with Gasteiger partial charge in [-0.3, -0.25) is 14.5 Å². The summed E-state index contributed by atoms with van der Waals surface area (Å²) in [7, 11) is 0. The number of rotatable bonds is 17. The first-order chi connectivity index (χ1) is 25.8. The normalized spacial score (nSPS) is 19.5. The zero-order chi connectivity index (χ0) is 37.0. The maximum atomic E-state index is 12.4. The Morgan fingerprint density at radius 1 is 0.547 bits per heavy atom. The van der Waals surface area contributed by atoms with Gasteiger partial charge in [-0.1, -0.05) is 79.7 Å². The number of hydrogen-bond donors (Lipinski definition) is 5. The molecule has 3 fully saturated rings. The minimum Gasteiger partial charge on any atom is -0.481 e. The van der Waals surface area contributed by atoms with Crippen LogP contribution in [0.4, 0.5) is 0 Å². The average Bonchev–Trinajstić information content (AvgIpc) is 3.17. The molecule has 0 radical (unpaired) electrons. The van der Waals surface area contributed by atoms with E-state index in [-0.39, 0.29) is 23.7 Å². The molecule has 286 valence electrons. The molecule has 3 saturated heterocycles. The fourth-order valence-corrected chi connectivity index (χ4v) is 9.37. The number of carboxylic acid groups (broad SMARTS) is 2. The predicted molar refractivity (Wildman–Crippen MR) is 212 cm³/mol. The van der Waals surface area contributed by atoms with E-state index in [4.69, 9.17) is 0 Å². The summed E-state index contributed by atoms with van der Waals surface area (Å²) in [5, 5.41) is 30.6. The van der Waals surface area contributed by atoms with Crippen LogP contribution in [0.1, 0.15) is 78.8 Å². The molecule has 3 aliphatic rings. The Balaban J connectivity index is 1.20. The highest BCUT2D eigenvalue weighted by molar-refractivity contribution is 5.71. The minimum absolute atomic E-state index is 0.196. The van der Waals surface area contributed by atoms with E-state index in [0.29, 0.717) is 18.8 Å². The fourth-order valence-electron chi connectivity index (χ4n) is 9.37. The molecule has 3 aromatic carbocycles. The Morgan fingerprint density at radius 3 is 1.23 bits per heavy atom. The second-order valence-corrected chi connectivity index (χ2v) is 16.3. The van der Waals surface area contributed by atoms with Crippen molar-refractivity contribution in [2.75, 3.05) is 39.3 Å². The Hall–Kier alpha value is -3.56. The van der Waals surface area contributed by atoms with Crippen molar-refractivity contribution in [1.82, 2.24) is 20.9 Å². The highest BCUT2D eigenvalue weighted by Gasteiger charge is 2.31. The van der Waals surface area contributed by atoms with Crippen molar-refractivity contribution in [3.63, 3.8) is 0 Å². The molecule has 3 atom stereocenters.